The number of anilines is 1. The predicted octanol–water partition coefficient (Wildman–Crippen LogP) is 2.67. The molecular weight excluding hydrogens is 210 g/mol. The second kappa shape index (κ2) is 4.35. The van der Waals surface area contributed by atoms with Crippen LogP contribution in [0.3, 0.4) is 0 Å². The first-order valence-electron chi connectivity index (χ1n) is 5.37. The van der Waals surface area contributed by atoms with E-state index in [0.717, 1.165) is 30.0 Å². The van der Waals surface area contributed by atoms with Gasteiger partial charge in [-0.05, 0) is 33.1 Å². The molecular formula is C11H16ClN3. The highest BCUT2D eigenvalue weighted by Gasteiger charge is 2.25. The quantitative estimate of drug-likeness (QED) is 0.787. The van der Waals surface area contributed by atoms with Crippen molar-refractivity contribution in [2.24, 2.45) is 0 Å². The molecule has 0 amide bonds. The van der Waals surface area contributed by atoms with Gasteiger partial charge in [-0.3, -0.25) is 4.98 Å². The highest BCUT2D eigenvalue weighted by Crippen LogP contribution is 2.27. The molecule has 0 aliphatic heterocycles. The Morgan fingerprint density at radius 3 is 2.87 bits per heavy atom. The number of nitrogens with zero attached hydrogens (tertiary/aromatic N) is 2. The van der Waals surface area contributed by atoms with E-state index in [0.29, 0.717) is 6.04 Å². The zero-order chi connectivity index (χ0) is 10.8. The fraction of sp³-hybridized carbons (Fsp3) is 0.636. The third-order valence-corrected chi connectivity index (χ3v) is 3.35. The first-order chi connectivity index (χ1) is 7.16. The van der Waals surface area contributed by atoms with Crippen molar-refractivity contribution < 1.29 is 0 Å². The van der Waals surface area contributed by atoms with Crippen LogP contribution in [0.25, 0.3) is 0 Å². The van der Waals surface area contributed by atoms with Gasteiger partial charge in [-0.1, -0.05) is 0 Å². The number of halogens is 1. The summed E-state index contributed by atoms with van der Waals surface area (Å²) in [6, 6.07) is 0.349. The number of hydrogen-bond acceptors (Lipinski definition) is 3. The Hall–Kier alpha value is -0.830. The van der Waals surface area contributed by atoms with Crippen LogP contribution in [0.2, 0.25) is 0 Å². The van der Waals surface area contributed by atoms with Gasteiger partial charge < -0.3 is 5.32 Å². The first kappa shape index (κ1) is 10.7. The van der Waals surface area contributed by atoms with Crippen LogP contribution in [0.15, 0.2) is 6.20 Å². The van der Waals surface area contributed by atoms with E-state index in [2.05, 4.69) is 15.3 Å². The van der Waals surface area contributed by atoms with Crippen LogP contribution in [0, 0.1) is 13.8 Å². The molecule has 4 heteroatoms. The van der Waals surface area contributed by atoms with Crippen molar-refractivity contribution in [2.75, 3.05) is 5.32 Å². The number of nitrogens with one attached hydrogen (secondary N) is 1. The highest BCUT2D eigenvalue weighted by atomic mass is 35.5. The van der Waals surface area contributed by atoms with Gasteiger partial charge in [0.25, 0.3) is 0 Å². The van der Waals surface area contributed by atoms with Crippen LogP contribution in [-0.2, 0) is 0 Å². The molecule has 1 aliphatic carbocycles. The van der Waals surface area contributed by atoms with E-state index < -0.39 is 0 Å². The van der Waals surface area contributed by atoms with Crippen molar-refractivity contribution in [3.05, 3.63) is 17.6 Å². The fourth-order valence-electron chi connectivity index (χ4n) is 1.93. The van der Waals surface area contributed by atoms with Gasteiger partial charge in [0.15, 0.2) is 0 Å². The zero-order valence-corrected chi connectivity index (χ0v) is 9.88. The van der Waals surface area contributed by atoms with Crippen LogP contribution in [0.1, 0.15) is 30.7 Å². The predicted molar refractivity (Wildman–Crippen MR) is 62.4 cm³/mol. The molecule has 82 valence electrons. The molecule has 3 nitrogen and oxygen atoms in total. The van der Waals surface area contributed by atoms with Gasteiger partial charge in [0, 0.05) is 12.2 Å². The number of rotatable bonds is 2. The monoisotopic (exact) mass is 225 g/mol. The van der Waals surface area contributed by atoms with Crippen LogP contribution in [-0.4, -0.2) is 21.4 Å². The minimum Gasteiger partial charge on any atom is -0.364 e. The van der Waals surface area contributed by atoms with E-state index >= 15 is 0 Å². The molecule has 2 unspecified atom stereocenters. The van der Waals surface area contributed by atoms with Crippen molar-refractivity contribution in [2.45, 2.75) is 44.5 Å². The van der Waals surface area contributed by atoms with Gasteiger partial charge in [0.05, 0.1) is 16.8 Å². The molecule has 1 fully saturated rings. The molecule has 1 heterocycles. The Balaban J connectivity index is 2.12. The van der Waals surface area contributed by atoms with Crippen LogP contribution in [0.4, 0.5) is 5.82 Å². The molecule has 1 saturated carbocycles. The van der Waals surface area contributed by atoms with Crippen molar-refractivity contribution in [1.82, 2.24) is 9.97 Å². The third-order valence-electron chi connectivity index (χ3n) is 2.83. The Morgan fingerprint density at radius 1 is 1.40 bits per heavy atom. The lowest BCUT2D eigenvalue weighted by Gasteiger charge is -2.17. The SMILES string of the molecule is Cc1cnc(C)c(NC2CCCC2Cl)n1. The highest BCUT2D eigenvalue weighted by molar-refractivity contribution is 6.21. The number of aryl methyl sites for hydroxylation is 2. The minimum atomic E-state index is 0.228. The van der Waals surface area contributed by atoms with E-state index in [-0.39, 0.29) is 5.38 Å². The van der Waals surface area contributed by atoms with Crippen molar-refractivity contribution in [3.8, 4) is 0 Å². The maximum absolute atomic E-state index is 6.21. The summed E-state index contributed by atoms with van der Waals surface area (Å²) in [5.41, 5.74) is 1.88. The van der Waals surface area contributed by atoms with Crippen molar-refractivity contribution in [1.29, 1.82) is 0 Å². The lowest BCUT2D eigenvalue weighted by Crippen LogP contribution is -2.25. The fourth-order valence-corrected chi connectivity index (χ4v) is 2.27. The van der Waals surface area contributed by atoms with E-state index in [1.165, 1.54) is 6.42 Å². The summed E-state index contributed by atoms with van der Waals surface area (Å²) < 4.78 is 0. The molecule has 0 spiro atoms. The molecule has 1 aromatic heterocycles. The van der Waals surface area contributed by atoms with E-state index in [1.807, 2.05) is 13.8 Å². The van der Waals surface area contributed by atoms with Crippen LogP contribution >= 0.6 is 11.6 Å². The van der Waals surface area contributed by atoms with Gasteiger partial charge >= 0.3 is 0 Å². The Morgan fingerprint density at radius 2 is 2.20 bits per heavy atom. The minimum absolute atomic E-state index is 0.228. The average Bonchev–Trinajstić information content (AvgIpc) is 2.58. The molecule has 0 bridgehead atoms. The second-order valence-electron chi connectivity index (χ2n) is 4.14. The van der Waals surface area contributed by atoms with E-state index in [4.69, 9.17) is 11.6 Å². The topological polar surface area (TPSA) is 37.8 Å². The molecule has 1 aliphatic rings. The van der Waals surface area contributed by atoms with Gasteiger partial charge in [-0.2, -0.15) is 0 Å². The van der Waals surface area contributed by atoms with E-state index in [9.17, 15) is 0 Å². The summed E-state index contributed by atoms with van der Waals surface area (Å²) >= 11 is 6.21. The first-order valence-corrected chi connectivity index (χ1v) is 5.81. The number of alkyl halides is 1. The van der Waals surface area contributed by atoms with Crippen LogP contribution < -0.4 is 5.32 Å². The Kier molecular flexibility index (Phi) is 3.10. The molecule has 0 saturated heterocycles. The van der Waals surface area contributed by atoms with Gasteiger partial charge in [0.1, 0.15) is 5.82 Å². The molecule has 1 N–H and O–H groups in total. The molecule has 15 heavy (non-hydrogen) atoms. The summed E-state index contributed by atoms with van der Waals surface area (Å²) in [7, 11) is 0. The number of hydrogen-bond donors (Lipinski definition) is 1. The van der Waals surface area contributed by atoms with Gasteiger partial charge in [-0.15, -0.1) is 11.6 Å². The summed E-state index contributed by atoms with van der Waals surface area (Å²) in [5.74, 6) is 0.882. The summed E-state index contributed by atoms with van der Waals surface area (Å²) in [6.45, 7) is 3.91. The lowest BCUT2D eigenvalue weighted by atomic mass is 10.2. The summed E-state index contributed by atoms with van der Waals surface area (Å²) in [4.78, 5) is 8.72. The lowest BCUT2D eigenvalue weighted by molar-refractivity contribution is 0.752. The maximum Gasteiger partial charge on any atom is 0.148 e. The second-order valence-corrected chi connectivity index (χ2v) is 4.70. The van der Waals surface area contributed by atoms with Crippen LogP contribution in [0.5, 0.6) is 0 Å². The summed E-state index contributed by atoms with van der Waals surface area (Å²) in [5, 5.41) is 3.62. The molecule has 2 rings (SSSR count). The number of aromatic nitrogens is 2. The van der Waals surface area contributed by atoms with E-state index in [1.54, 1.807) is 6.20 Å². The maximum atomic E-state index is 6.21. The normalized spacial score (nSPS) is 25.5. The van der Waals surface area contributed by atoms with Gasteiger partial charge in [-0.25, -0.2) is 4.98 Å². The van der Waals surface area contributed by atoms with Crippen molar-refractivity contribution >= 4 is 17.4 Å². The Labute approximate surface area is 95.3 Å². The zero-order valence-electron chi connectivity index (χ0n) is 9.13. The Bertz CT molecular complexity index is 354. The van der Waals surface area contributed by atoms with Gasteiger partial charge in [0.2, 0.25) is 0 Å². The third kappa shape index (κ3) is 2.40. The standard InChI is InChI=1S/C11H16ClN3/c1-7-6-13-8(2)11(14-7)15-10-5-3-4-9(10)12/h6,9-10H,3-5H2,1-2H3,(H,14,15). The largest absolute Gasteiger partial charge is 0.364 e. The molecule has 1 aromatic rings. The summed E-state index contributed by atoms with van der Waals surface area (Å²) in [6.07, 6.45) is 5.21. The molecule has 2 atom stereocenters. The molecule has 0 radical (unpaired) electrons. The van der Waals surface area contributed by atoms with Crippen molar-refractivity contribution in [3.63, 3.8) is 0 Å². The smallest absolute Gasteiger partial charge is 0.148 e. The average molecular weight is 226 g/mol. The molecule has 0 aromatic carbocycles.